The van der Waals surface area contributed by atoms with Crippen molar-refractivity contribution in [1.82, 2.24) is 24.5 Å². The maximum absolute atomic E-state index is 13.0. The van der Waals surface area contributed by atoms with Gasteiger partial charge in [-0.3, -0.25) is 4.79 Å². The third kappa shape index (κ3) is 3.93. The highest BCUT2D eigenvalue weighted by molar-refractivity contribution is 7.99. The number of amides is 1. The Kier molecular flexibility index (Phi) is 5.36. The number of halogens is 1. The highest BCUT2D eigenvalue weighted by Crippen LogP contribution is 2.27. The second-order valence-electron chi connectivity index (χ2n) is 5.80. The molecule has 3 aromatic rings. The standard InChI is InChI=1S/C17H18FN5O2S/c1-3-11(2)20-14(24)10-23-17(25)22-9-8-19-16(15(22)21-23)26-13-6-4-12(18)5-7-13/h4-9,11H,3,10H2,1-2H3,(H,20,24)/t11-/m0/s1. The van der Waals surface area contributed by atoms with Crippen molar-refractivity contribution in [3.05, 3.63) is 53.0 Å². The van der Waals surface area contributed by atoms with Gasteiger partial charge in [0.25, 0.3) is 0 Å². The number of aromatic nitrogens is 4. The van der Waals surface area contributed by atoms with Gasteiger partial charge in [0.15, 0.2) is 5.65 Å². The molecule has 0 unspecified atom stereocenters. The molecular weight excluding hydrogens is 357 g/mol. The van der Waals surface area contributed by atoms with Gasteiger partial charge in [-0.05, 0) is 37.6 Å². The van der Waals surface area contributed by atoms with E-state index in [1.807, 2.05) is 13.8 Å². The molecule has 0 saturated carbocycles. The number of nitrogens with one attached hydrogen (secondary N) is 1. The van der Waals surface area contributed by atoms with Gasteiger partial charge in [0.05, 0.1) is 0 Å². The molecule has 2 heterocycles. The van der Waals surface area contributed by atoms with E-state index in [9.17, 15) is 14.0 Å². The van der Waals surface area contributed by atoms with E-state index < -0.39 is 5.69 Å². The lowest BCUT2D eigenvalue weighted by Gasteiger charge is -2.10. The average Bonchev–Trinajstić information content (AvgIpc) is 2.94. The highest BCUT2D eigenvalue weighted by Gasteiger charge is 2.15. The minimum atomic E-state index is -0.414. The first kappa shape index (κ1) is 18.1. The van der Waals surface area contributed by atoms with Gasteiger partial charge in [-0.2, -0.15) is 0 Å². The van der Waals surface area contributed by atoms with Crippen LogP contribution < -0.4 is 11.0 Å². The van der Waals surface area contributed by atoms with Crippen molar-refractivity contribution in [1.29, 1.82) is 0 Å². The number of nitrogens with zero attached hydrogens (tertiary/aromatic N) is 4. The van der Waals surface area contributed by atoms with E-state index in [4.69, 9.17) is 0 Å². The van der Waals surface area contributed by atoms with Crippen LogP contribution in [0.5, 0.6) is 0 Å². The molecule has 26 heavy (non-hydrogen) atoms. The maximum atomic E-state index is 13.0. The Hall–Kier alpha value is -2.68. The van der Waals surface area contributed by atoms with Crippen LogP contribution in [0.25, 0.3) is 5.65 Å². The molecule has 3 rings (SSSR count). The van der Waals surface area contributed by atoms with Gasteiger partial charge in [0.1, 0.15) is 17.4 Å². The molecule has 1 N–H and O–H groups in total. The molecule has 0 bridgehead atoms. The molecule has 0 aliphatic heterocycles. The first-order valence-electron chi connectivity index (χ1n) is 8.15. The average molecular weight is 375 g/mol. The summed E-state index contributed by atoms with van der Waals surface area (Å²) in [6.07, 6.45) is 3.79. The summed E-state index contributed by atoms with van der Waals surface area (Å²) in [5, 5.41) is 7.55. The smallest absolute Gasteiger partial charge is 0.350 e. The summed E-state index contributed by atoms with van der Waals surface area (Å²) in [6.45, 7) is 3.70. The lowest BCUT2D eigenvalue weighted by atomic mass is 10.2. The summed E-state index contributed by atoms with van der Waals surface area (Å²) >= 11 is 1.27. The van der Waals surface area contributed by atoms with E-state index in [0.29, 0.717) is 10.7 Å². The summed E-state index contributed by atoms with van der Waals surface area (Å²) < 4.78 is 15.5. The molecular formula is C17H18FN5O2S. The summed E-state index contributed by atoms with van der Waals surface area (Å²) in [5.74, 6) is -0.598. The highest BCUT2D eigenvalue weighted by atomic mass is 32.2. The van der Waals surface area contributed by atoms with Gasteiger partial charge >= 0.3 is 5.69 Å². The van der Waals surface area contributed by atoms with Crippen molar-refractivity contribution in [2.75, 3.05) is 0 Å². The van der Waals surface area contributed by atoms with Crippen LogP contribution in [-0.4, -0.2) is 31.1 Å². The van der Waals surface area contributed by atoms with Crippen LogP contribution in [0.4, 0.5) is 4.39 Å². The zero-order valence-corrected chi connectivity index (χ0v) is 15.2. The van der Waals surface area contributed by atoms with Crippen LogP contribution >= 0.6 is 11.8 Å². The fourth-order valence-corrected chi connectivity index (χ4v) is 3.11. The summed E-state index contributed by atoms with van der Waals surface area (Å²) in [4.78, 5) is 29.5. The number of hydrogen-bond acceptors (Lipinski definition) is 5. The molecule has 0 spiro atoms. The summed E-state index contributed by atoms with van der Waals surface area (Å²) in [5.41, 5.74) is -0.0641. The lowest BCUT2D eigenvalue weighted by molar-refractivity contribution is -0.122. The molecule has 9 heteroatoms. The van der Waals surface area contributed by atoms with E-state index in [1.165, 1.54) is 40.7 Å². The van der Waals surface area contributed by atoms with Gasteiger partial charge < -0.3 is 5.32 Å². The number of benzene rings is 1. The van der Waals surface area contributed by atoms with E-state index in [1.54, 1.807) is 12.1 Å². The third-order valence-electron chi connectivity index (χ3n) is 3.81. The molecule has 7 nitrogen and oxygen atoms in total. The Bertz CT molecular complexity index is 983. The van der Waals surface area contributed by atoms with E-state index in [0.717, 1.165) is 16.0 Å². The molecule has 1 amide bonds. The Labute approximate surface area is 153 Å². The topological polar surface area (TPSA) is 81.3 Å². The minimum absolute atomic E-state index is 0.0292. The van der Waals surface area contributed by atoms with Crippen LogP contribution in [0.15, 0.2) is 51.4 Å². The number of hydrogen-bond donors (Lipinski definition) is 1. The van der Waals surface area contributed by atoms with Crippen LogP contribution in [0.2, 0.25) is 0 Å². The van der Waals surface area contributed by atoms with Crippen LogP contribution in [0, 0.1) is 5.82 Å². The Morgan fingerprint density at radius 2 is 2.08 bits per heavy atom. The fraction of sp³-hybridized carbons (Fsp3) is 0.294. The predicted molar refractivity (Wildman–Crippen MR) is 95.7 cm³/mol. The van der Waals surface area contributed by atoms with E-state index in [2.05, 4.69) is 15.4 Å². The Balaban J connectivity index is 1.89. The van der Waals surface area contributed by atoms with Crippen LogP contribution in [0.3, 0.4) is 0 Å². The molecule has 0 saturated heterocycles. The van der Waals surface area contributed by atoms with Crippen LogP contribution in [0.1, 0.15) is 20.3 Å². The first-order chi connectivity index (χ1) is 12.5. The van der Waals surface area contributed by atoms with Gasteiger partial charge in [0, 0.05) is 23.3 Å². The van der Waals surface area contributed by atoms with E-state index in [-0.39, 0.29) is 24.3 Å². The monoisotopic (exact) mass is 375 g/mol. The maximum Gasteiger partial charge on any atom is 0.350 e. The van der Waals surface area contributed by atoms with Crippen molar-refractivity contribution in [3.8, 4) is 0 Å². The minimum Gasteiger partial charge on any atom is -0.352 e. The molecule has 0 aliphatic rings. The summed E-state index contributed by atoms with van der Waals surface area (Å²) in [7, 11) is 0. The molecule has 2 aromatic heterocycles. The van der Waals surface area contributed by atoms with Gasteiger partial charge in [0.2, 0.25) is 5.91 Å². The second kappa shape index (κ2) is 7.69. The summed E-state index contributed by atoms with van der Waals surface area (Å²) in [6, 6.07) is 5.99. The molecule has 136 valence electrons. The van der Waals surface area contributed by atoms with Crippen molar-refractivity contribution in [3.63, 3.8) is 0 Å². The van der Waals surface area contributed by atoms with Crippen molar-refractivity contribution >= 4 is 23.3 Å². The van der Waals surface area contributed by atoms with E-state index >= 15 is 0 Å². The normalized spacial score (nSPS) is 12.3. The predicted octanol–water partition coefficient (Wildman–Crippen LogP) is 2.10. The molecule has 0 fully saturated rings. The Morgan fingerprint density at radius 3 is 2.77 bits per heavy atom. The van der Waals surface area contributed by atoms with Gasteiger partial charge in [-0.15, -0.1) is 5.10 Å². The molecule has 0 aliphatic carbocycles. The number of fused-ring (bicyclic) bond motifs is 1. The lowest BCUT2D eigenvalue weighted by Crippen LogP contribution is -2.37. The number of rotatable bonds is 6. The molecule has 0 radical (unpaired) electrons. The van der Waals surface area contributed by atoms with Crippen molar-refractivity contribution < 1.29 is 9.18 Å². The van der Waals surface area contributed by atoms with Gasteiger partial charge in [-0.25, -0.2) is 23.3 Å². The zero-order chi connectivity index (χ0) is 18.7. The van der Waals surface area contributed by atoms with Crippen molar-refractivity contribution in [2.24, 2.45) is 0 Å². The zero-order valence-electron chi connectivity index (χ0n) is 14.3. The number of carbonyl (C=O) groups excluding carboxylic acids is 1. The Morgan fingerprint density at radius 1 is 1.35 bits per heavy atom. The largest absolute Gasteiger partial charge is 0.352 e. The van der Waals surface area contributed by atoms with Gasteiger partial charge in [-0.1, -0.05) is 18.7 Å². The van der Waals surface area contributed by atoms with Crippen LogP contribution in [-0.2, 0) is 11.3 Å². The quantitative estimate of drug-likeness (QED) is 0.714. The fourth-order valence-electron chi connectivity index (χ4n) is 2.27. The van der Waals surface area contributed by atoms with Crippen molar-refractivity contribution in [2.45, 2.75) is 42.8 Å². The number of carbonyl (C=O) groups is 1. The first-order valence-corrected chi connectivity index (χ1v) is 8.96. The second-order valence-corrected chi connectivity index (χ2v) is 6.86. The SMILES string of the molecule is CC[C@H](C)NC(=O)Cn1nc2c(Sc3ccc(F)cc3)nccn2c1=O. The third-order valence-corrected chi connectivity index (χ3v) is 4.80. The molecule has 1 atom stereocenters. The molecule has 1 aromatic carbocycles.